The van der Waals surface area contributed by atoms with E-state index in [0.29, 0.717) is 16.5 Å². The second kappa shape index (κ2) is 5.69. The molecule has 0 aliphatic rings. The van der Waals surface area contributed by atoms with Gasteiger partial charge in [-0.25, -0.2) is 0 Å². The topological polar surface area (TPSA) is 84.6 Å². The van der Waals surface area contributed by atoms with Gasteiger partial charge in [-0.2, -0.15) is 0 Å². The summed E-state index contributed by atoms with van der Waals surface area (Å²) in [5, 5.41) is 12.0. The molecule has 4 N–H and O–H groups in total. The van der Waals surface area contributed by atoms with Gasteiger partial charge in [-0.05, 0) is 12.1 Å². The van der Waals surface area contributed by atoms with E-state index in [0.717, 1.165) is 0 Å². The Morgan fingerprint density at radius 2 is 2.38 bits per heavy atom. The third-order valence-corrected chi connectivity index (χ3v) is 2.27. The number of anilines is 1. The standard InChI is InChI=1S/C10H13ClN2O3/c1-16-6-2-3-8(7(11)4-6)13-10(15)9(14)5-12/h2-4,9,14H,5,12H2,1H3,(H,13,15). The molecule has 0 aliphatic heterocycles. The number of carbonyl (C=O) groups is 1. The van der Waals surface area contributed by atoms with Crippen LogP contribution in [0.15, 0.2) is 18.2 Å². The van der Waals surface area contributed by atoms with E-state index in [1.807, 2.05) is 0 Å². The third kappa shape index (κ3) is 3.10. The number of hydrogen-bond donors (Lipinski definition) is 3. The van der Waals surface area contributed by atoms with Gasteiger partial charge in [0.2, 0.25) is 0 Å². The van der Waals surface area contributed by atoms with Crippen LogP contribution in [-0.2, 0) is 4.79 Å². The number of benzene rings is 1. The molecule has 0 aromatic heterocycles. The summed E-state index contributed by atoms with van der Waals surface area (Å²) in [6, 6.07) is 4.80. The molecule has 6 heteroatoms. The number of ether oxygens (including phenoxy) is 1. The molecule has 0 spiro atoms. The summed E-state index contributed by atoms with van der Waals surface area (Å²) >= 11 is 5.89. The molecule has 1 amide bonds. The van der Waals surface area contributed by atoms with Crippen molar-refractivity contribution in [3.8, 4) is 5.75 Å². The molecule has 0 aliphatic carbocycles. The highest BCUT2D eigenvalue weighted by Gasteiger charge is 2.14. The van der Waals surface area contributed by atoms with Crippen LogP contribution in [0.1, 0.15) is 0 Å². The molecule has 88 valence electrons. The van der Waals surface area contributed by atoms with Crippen LogP contribution >= 0.6 is 11.6 Å². The Morgan fingerprint density at radius 3 is 2.88 bits per heavy atom. The highest BCUT2D eigenvalue weighted by atomic mass is 35.5. The fourth-order valence-electron chi connectivity index (χ4n) is 1.05. The molecule has 1 rings (SSSR count). The summed E-state index contributed by atoms with van der Waals surface area (Å²) in [5.74, 6) is -0.00283. The van der Waals surface area contributed by atoms with Gasteiger partial charge in [-0.3, -0.25) is 4.79 Å². The van der Waals surface area contributed by atoms with E-state index >= 15 is 0 Å². The van der Waals surface area contributed by atoms with Gasteiger partial charge in [-0.1, -0.05) is 11.6 Å². The first kappa shape index (κ1) is 12.8. The Morgan fingerprint density at radius 1 is 1.69 bits per heavy atom. The van der Waals surface area contributed by atoms with Crippen molar-refractivity contribution in [1.82, 2.24) is 0 Å². The number of aliphatic hydroxyl groups excluding tert-OH is 1. The first-order valence-corrected chi connectivity index (χ1v) is 4.98. The SMILES string of the molecule is COc1ccc(NC(=O)C(O)CN)c(Cl)c1. The van der Waals surface area contributed by atoms with Crippen LogP contribution in [0.5, 0.6) is 5.75 Å². The Labute approximate surface area is 98.2 Å². The molecule has 1 unspecified atom stereocenters. The van der Waals surface area contributed by atoms with Crippen molar-refractivity contribution in [1.29, 1.82) is 0 Å². The maximum atomic E-state index is 11.3. The van der Waals surface area contributed by atoms with E-state index in [1.54, 1.807) is 18.2 Å². The van der Waals surface area contributed by atoms with Crippen LogP contribution in [0.25, 0.3) is 0 Å². The minimum Gasteiger partial charge on any atom is -0.497 e. The van der Waals surface area contributed by atoms with Gasteiger partial charge in [0.1, 0.15) is 11.9 Å². The monoisotopic (exact) mass is 244 g/mol. The first-order chi connectivity index (χ1) is 7.58. The van der Waals surface area contributed by atoms with Crippen LogP contribution in [0.3, 0.4) is 0 Å². The van der Waals surface area contributed by atoms with Gasteiger partial charge in [0.25, 0.3) is 5.91 Å². The smallest absolute Gasteiger partial charge is 0.254 e. The molecule has 0 saturated heterocycles. The number of nitrogens with two attached hydrogens (primary N) is 1. The minimum atomic E-state index is -1.24. The van der Waals surface area contributed by atoms with Crippen LogP contribution < -0.4 is 15.8 Å². The van der Waals surface area contributed by atoms with Crippen molar-refractivity contribution in [2.24, 2.45) is 5.73 Å². The normalized spacial score (nSPS) is 12.0. The second-order valence-corrected chi connectivity index (χ2v) is 3.49. The summed E-state index contributed by atoms with van der Waals surface area (Å²) in [4.78, 5) is 11.3. The van der Waals surface area contributed by atoms with Crippen molar-refractivity contribution < 1.29 is 14.6 Å². The molecular formula is C10H13ClN2O3. The largest absolute Gasteiger partial charge is 0.497 e. The molecule has 5 nitrogen and oxygen atoms in total. The van der Waals surface area contributed by atoms with E-state index in [2.05, 4.69) is 5.32 Å². The highest BCUT2D eigenvalue weighted by molar-refractivity contribution is 6.33. The molecule has 0 fully saturated rings. The van der Waals surface area contributed by atoms with Crippen molar-refractivity contribution in [2.75, 3.05) is 19.0 Å². The van der Waals surface area contributed by atoms with Crippen LogP contribution in [0, 0.1) is 0 Å². The third-order valence-electron chi connectivity index (χ3n) is 1.96. The van der Waals surface area contributed by atoms with Gasteiger partial charge in [0.05, 0.1) is 17.8 Å². The molecule has 1 atom stereocenters. The Kier molecular flexibility index (Phi) is 4.54. The predicted octanol–water partition coefficient (Wildman–Crippen LogP) is 0.607. The van der Waals surface area contributed by atoms with Gasteiger partial charge in [0, 0.05) is 12.6 Å². The number of nitrogens with one attached hydrogen (secondary N) is 1. The average molecular weight is 245 g/mol. The quantitative estimate of drug-likeness (QED) is 0.724. The molecule has 16 heavy (non-hydrogen) atoms. The van der Waals surface area contributed by atoms with E-state index in [-0.39, 0.29) is 6.54 Å². The van der Waals surface area contributed by atoms with Gasteiger partial charge in [0.15, 0.2) is 0 Å². The summed E-state index contributed by atoms with van der Waals surface area (Å²) in [7, 11) is 1.52. The van der Waals surface area contributed by atoms with Crippen molar-refractivity contribution in [2.45, 2.75) is 6.10 Å². The maximum absolute atomic E-state index is 11.3. The number of carbonyl (C=O) groups excluding carboxylic acids is 1. The fourth-order valence-corrected chi connectivity index (χ4v) is 1.27. The number of aliphatic hydroxyl groups is 1. The van der Waals surface area contributed by atoms with Crippen LogP contribution in [-0.4, -0.2) is 30.8 Å². The molecule has 0 radical (unpaired) electrons. The van der Waals surface area contributed by atoms with E-state index in [9.17, 15) is 9.90 Å². The highest BCUT2D eigenvalue weighted by Crippen LogP contribution is 2.26. The first-order valence-electron chi connectivity index (χ1n) is 4.61. The lowest BCUT2D eigenvalue weighted by atomic mass is 10.2. The number of hydrogen-bond acceptors (Lipinski definition) is 4. The van der Waals surface area contributed by atoms with E-state index in [1.165, 1.54) is 7.11 Å². The summed E-state index contributed by atoms with van der Waals surface area (Å²) in [6.07, 6.45) is -1.24. The number of rotatable bonds is 4. The van der Waals surface area contributed by atoms with Crippen molar-refractivity contribution in [3.63, 3.8) is 0 Å². The zero-order valence-corrected chi connectivity index (χ0v) is 9.49. The Bertz CT molecular complexity index is 384. The summed E-state index contributed by atoms with van der Waals surface area (Å²) in [5.41, 5.74) is 5.55. The van der Waals surface area contributed by atoms with E-state index in [4.69, 9.17) is 22.1 Å². The zero-order chi connectivity index (χ0) is 12.1. The fraction of sp³-hybridized carbons (Fsp3) is 0.300. The zero-order valence-electron chi connectivity index (χ0n) is 8.74. The predicted molar refractivity (Wildman–Crippen MR) is 61.7 cm³/mol. The van der Waals surface area contributed by atoms with Crippen LogP contribution in [0.2, 0.25) is 5.02 Å². The molecule has 0 bridgehead atoms. The lowest BCUT2D eigenvalue weighted by Gasteiger charge is -2.11. The number of methoxy groups -OCH3 is 1. The second-order valence-electron chi connectivity index (χ2n) is 3.09. The Balaban J connectivity index is 2.78. The molecule has 1 aromatic carbocycles. The van der Waals surface area contributed by atoms with Crippen molar-refractivity contribution >= 4 is 23.2 Å². The Hall–Kier alpha value is -1.30. The molecular weight excluding hydrogens is 232 g/mol. The lowest BCUT2D eigenvalue weighted by Crippen LogP contribution is -2.34. The lowest BCUT2D eigenvalue weighted by molar-refractivity contribution is -0.123. The molecule has 0 heterocycles. The summed E-state index contributed by atoms with van der Waals surface area (Å²) in [6.45, 7) is -0.139. The average Bonchev–Trinajstić information content (AvgIpc) is 2.30. The van der Waals surface area contributed by atoms with E-state index < -0.39 is 12.0 Å². The van der Waals surface area contributed by atoms with Crippen LogP contribution in [0.4, 0.5) is 5.69 Å². The molecule has 0 saturated carbocycles. The van der Waals surface area contributed by atoms with Gasteiger partial charge < -0.3 is 20.9 Å². The number of amides is 1. The minimum absolute atomic E-state index is 0.139. The number of halogens is 1. The van der Waals surface area contributed by atoms with Gasteiger partial charge >= 0.3 is 0 Å². The summed E-state index contributed by atoms with van der Waals surface area (Å²) < 4.78 is 4.96. The maximum Gasteiger partial charge on any atom is 0.254 e. The van der Waals surface area contributed by atoms with Gasteiger partial charge in [-0.15, -0.1) is 0 Å². The molecule has 1 aromatic rings. The van der Waals surface area contributed by atoms with Crippen molar-refractivity contribution in [3.05, 3.63) is 23.2 Å².